The summed E-state index contributed by atoms with van der Waals surface area (Å²) in [5.74, 6) is -1.09. The average molecular weight is 325 g/mol. The molecule has 0 spiro atoms. The SMILES string of the molecule is Fc1ccc(Oc2nc(C(F)F)nc3ccccc23)cc1Cl. The van der Waals surface area contributed by atoms with Crippen LogP contribution in [0, 0.1) is 5.82 Å². The monoisotopic (exact) mass is 324 g/mol. The van der Waals surface area contributed by atoms with Gasteiger partial charge in [-0.3, -0.25) is 0 Å². The highest BCUT2D eigenvalue weighted by Crippen LogP contribution is 2.31. The predicted molar refractivity (Wildman–Crippen MR) is 76.0 cm³/mol. The van der Waals surface area contributed by atoms with Crippen LogP contribution in [0.1, 0.15) is 12.2 Å². The first-order valence-electron chi connectivity index (χ1n) is 6.22. The summed E-state index contributed by atoms with van der Waals surface area (Å²) in [7, 11) is 0. The number of aromatic nitrogens is 2. The van der Waals surface area contributed by atoms with Crippen molar-refractivity contribution in [3.8, 4) is 11.6 Å². The lowest BCUT2D eigenvalue weighted by Gasteiger charge is -2.10. The molecule has 1 aromatic heterocycles. The van der Waals surface area contributed by atoms with Crippen molar-refractivity contribution in [2.24, 2.45) is 0 Å². The van der Waals surface area contributed by atoms with E-state index in [0.29, 0.717) is 10.9 Å². The van der Waals surface area contributed by atoms with E-state index in [2.05, 4.69) is 9.97 Å². The van der Waals surface area contributed by atoms with E-state index in [1.54, 1.807) is 24.3 Å². The summed E-state index contributed by atoms with van der Waals surface area (Å²) in [6.45, 7) is 0. The molecule has 0 radical (unpaired) electrons. The maximum Gasteiger partial charge on any atom is 0.297 e. The molecular weight excluding hydrogens is 317 g/mol. The van der Waals surface area contributed by atoms with Crippen molar-refractivity contribution in [3.05, 3.63) is 59.1 Å². The van der Waals surface area contributed by atoms with Crippen LogP contribution in [0.5, 0.6) is 11.6 Å². The fourth-order valence-electron chi connectivity index (χ4n) is 1.89. The molecule has 0 aliphatic heterocycles. The molecule has 0 N–H and O–H groups in total. The number of ether oxygens (including phenoxy) is 1. The number of benzene rings is 2. The van der Waals surface area contributed by atoms with Crippen LogP contribution in [0.3, 0.4) is 0 Å². The van der Waals surface area contributed by atoms with Gasteiger partial charge in [-0.2, -0.15) is 4.98 Å². The van der Waals surface area contributed by atoms with Crippen LogP contribution in [0.15, 0.2) is 42.5 Å². The molecule has 3 rings (SSSR count). The van der Waals surface area contributed by atoms with Gasteiger partial charge in [-0.15, -0.1) is 0 Å². The normalized spacial score (nSPS) is 11.1. The minimum absolute atomic E-state index is 0.0384. The standard InChI is InChI=1S/C15H8ClF3N2O/c16-10-7-8(5-6-11(10)17)22-15-9-3-1-2-4-12(9)20-14(21-15)13(18)19/h1-7,13H. The lowest BCUT2D eigenvalue weighted by atomic mass is 10.2. The molecule has 0 saturated carbocycles. The van der Waals surface area contributed by atoms with Gasteiger partial charge in [0.1, 0.15) is 11.6 Å². The highest BCUT2D eigenvalue weighted by atomic mass is 35.5. The summed E-state index contributed by atoms with van der Waals surface area (Å²) in [6, 6.07) is 10.3. The first-order valence-corrected chi connectivity index (χ1v) is 6.60. The highest BCUT2D eigenvalue weighted by molar-refractivity contribution is 6.30. The zero-order valence-electron chi connectivity index (χ0n) is 10.9. The second kappa shape index (κ2) is 5.81. The third-order valence-corrected chi connectivity index (χ3v) is 3.18. The number of rotatable bonds is 3. The molecule has 0 atom stereocenters. The molecule has 7 heteroatoms. The van der Waals surface area contributed by atoms with Gasteiger partial charge in [0, 0.05) is 6.07 Å². The van der Waals surface area contributed by atoms with Crippen LogP contribution in [0.25, 0.3) is 10.9 Å². The van der Waals surface area contributed by atoms with Crippen molar-refractivity contribution in [2.75, 3.05) is 0 Å². The minimum atomic E-state index is -2.83. The second-order valence-electron chi connectivity index (χ2n) is 4.38. The topological polar surface area (TPSA) is 35.0 Å². The van der Waals surface area contributed by atoms with Crippen molar-refractivity contribution < 1.29 is 17.9 Å². The summed E-state index contributed by atoms with van der Waals surface area (Å²) in [5.41, 5.74) is 0.330. The molecule has 0 aliphatic rings. The molecule has 0 bridgehead atoms. The van der Waals surface area contributed by atoms with Gasteiger partial charge in [-0.25, -0.2) is 18.2 Å². The van der Waals surface area contributed by atoms with Crippen molar-refractivity contribution in [2.45, 2.75) is 6.43 Å². The number of alkyl halides is 2. The summed E-state index contributed by atoms with van der Waals surface area (Å²) in [6.07, 6.45) is -2.83. The van der Waals surface area contributed by atoms with Gasteiger partial charge in [0.15, 0.2) is 5.82 Å². The second-order valence-corrected chi connectivity index (χ2v) is 4.79. The molecular formula is C15H8ClF3N2O. The molecule has 3 nitrogen and oxygen atoms in total. The third-order valence-electron chi connectivity index (χ3n) is 2.89. The van der Waals surface area contributed by atoms with Crippen molar-refractivity contribution in [1.29, 1.82) is 0 Å². The quantitative estimate of drug-likeness (QED) is 0.668. The molecule has 0 fully saturated rings. The third kappa shape index (κ3) is 2.82. The molecule has 0 unspecified atom stereocenters. The molecule has 0 aliphatic carbocycles. The zero-order chi connectivity index (χ0) is 15.7. The molecule has 2 aromatic carbocycles. The Morgan fingerprint density at radius 3 is 2.55 bits per heavy atom. The smallest absolute Gasteiger partial charge is 0.297 e. The number of hydrogen-bond acceptors (Lipinski definition) is 3. The van der Waals surface area contributed by atoms with Gasteiger partial charge in [-0.1, -0.05) is 23.7 Å². The minimum Gasteiger partial charge on any atom is -0.438 e. The number of nitrogens with zero attached hydrogens (tertiary/aromatic N) is 2. The summed E-state index contributed by atoms with van der Waals surface area (Å²) in [5, 5.41) is 0.331. The van der Waals surface area contributed by atoms with Crippen molar-refractivity contribution in [1.82, 2.24) is 9.97 Å². The number of para-hydroxylation sites is 1. The van der Waals surface area contributed by atoms with E-state index in [-0.39, 0.29) is 16.7 Å². The van der Waals surface area contributed by atoms with Crippen LogP contribution in [0.4, 0.5) is 13.2 Å². The molecule has 3 aromatic rings. The Morgan fingerprint density at radius 1 is 1.05 bits per heavy atom. The number of hydrogen-bond donors (Lipinski definition) is 0. The molecule has 112 valence electrons. The Hall–Kier alpha value is -2.34. The van der Waals surface area contributed by atoms with Crippen LogP contribution in [-0.4, -0.2) is 9.97 Å². The van der Waals surface area contributed by atoms with E-state index in [9.17, 15) is 13.2 Å². The van der Waals surface area contributed by atoms with Gasteiger partial charge < -0.3 is 4.74 Å². The largest absolute Gasteiger partial charge is 0.438 e. The highest BCUT2D eigenvalue weighted by Gasteiger charge is 2.16. The van der Waals surface area contributed by atoms with E-state index in [1.165, 1.54) is 12.1 Å². The van der Waals surface area contributed by atoms with Crippen LogP contribution >= 0.6 is 11.6 Å². The molecule has 0 saturated heterocycles. The average Bonchev–Trinajstić information content (AvgIpc) is 2.50. The summed E-state index contributed by atoms with van der Waals surface area (Å²) < 4.78 is 44.4. The molecule has 1 heterocycles. The van der Waals surface area contributed by atoms with Crippen molar-refractivity contribution >= 4 is 22.5 Å². The Balaban J connectivity index is 2.10. The van der Waals surface area contributed by atoms with E-state index in [4.69, 9.17) is 16.3 Å². The van der Waals surface area contributed by atoms with Crippen LogP contribution in [0.2, 0.25) is 5.02 Å². The Kier molecular flexibility index (Phi) is 3.85. The van der Waals surface area contributed by atoms with Gasteiger partial charge in [0.25, 0.3) is 6.43 Å². The fraction of sp³-hybridized carbons (Fsp3) is 0.0667. The van der Waals surface area contributed by atoms with E-state index < -0.39 is 18.1 Å². The summed E-state index contributed by atoms with van der Waals surface area (Å²) in [4.78, 5) is 7.51. The van der Waals surface area contributed by atoms with E-state index in [1.807, 2.05) is 0 Å². The van der Waals surface area contributed by atoms with Crippen molar-refractivity contribution in [3.63, 3.8) is 0 Å². The van der Waals surface area contributed by atoms with E-state index in [0.717, 1.165) is 6.07 Å². The van der Waals surface area contributed by atoms with Gasteiger partial charge in [-0.05, 0) is 24.3 Å². The number of halogens is 4. The maximum atomic E-state index is 13.1. The maximum absolute atomic E-state index is 13.1. The predicted octanol–water partition coefficient (Wildman–Crippen LogP) is 5.15. The Bertz CT molecular complexity index is 842. The van der Waals surface area contributed by atoms with Gasteiger partial charge in [0.05, 0.1) is 15.9 Å². The van der Waals surface area contributed by atoms with Crippen LogP contribution in [-0.2, 0) is 0 Å². The Morgan fingerprint density at radius 2 is 1.82 bits per heavy atom. The first kappa shape index (κ1) is 14.6. The van der Waals surface area contributed by atoms with Crippen LogP contribution < -0.4 is 4.74 Å². The first-order chi connectivity index (χ1) is 10.5. The summed E-state index contributed by atoms with van der Waals surface area (Å²) >= 11 is 5.67. The van der Waals surface area contributed by atoms with E-state index >= 15 is 0 Å². The van der Waals surface area contributed by atoms with Gasteiger partial charge >= 0.3 is 0 Å². The number of fused-ring (bicyclic) bond motifs is 1. The Labute approximate surface area is 128 Å². The molecule has 22 heavy (non-hydrogen) atoms. The lowest BCUT2D eigenvalue weighted by Crippen LogP contribution is -1.99. The zero-order valence-corrected chi connectivity index (χ0v) is 11.7. The molecule has 0 amide bonds. The fourth-order valence-corrected chi connectivity index (χ4v) is 2.06. The van der Waals surface area contributed by atoms with Gasteiger partial charge in [0.2, 0.25) is 5.88 Å². The lowest BCUT2D eigenvalue weighted by molar-refractivity contribution is 0.140.